The molecule has 0 atom stereocenters. The first-order valence-corrected chi connectivity index (χ1v) is 13.4. The largest absolute Gasteiger partial charge is 0.295 e. The van der Waals surface area contributed by atoms with Crippen LogP contribution in [0.4, 0.5) is 0 Å². The van der Waals surface area contributed by atoms with Crippen LogP contribution in [0.2, 0.25) is 0 Å². The highest BCUT2D eigenvalue weighted by Gasteiger charge is 2.23. The van der Waals surface area contributed by atoms with E-state index in [0.717, 1.165) is 12.8 Å². The van der Waals surface area contributed by atoms with Gasteiger partial charge in [-0.15, -0.1) is 0 Å². The van der Waals surface area contributed by atoms with Gasteiger partial charge in [-0.3, -0.25) is 8.97 Å². The Morgan fingerprint density at radius 2 is 1.34 bits per heavy atom. The number of nitrogens with zero attached hydrogens (tertiary/aromatic N) is 2. The Kier molecular flexibility index (Phi) is 3.93. The zero-order chi connectivity index (χ0) is 24.8. The Morgan fingerprint density at radius 1 is 0.553 bits per heavy atom. The van der Waals surface area contributed by atoms with Gasteiger partial charge in [-0.05, 0) is 59.0 Å². The Morgan fingerprint density at radius 3 is 2.18 bits per heavy atom. The van der Waals surface area contributed by atoms with E-state index in [2.05, 4.69) is 130 Å². The number of allylic oxidation sites excluding steroid dienone is 4. The first kappa shape index (κ1) is 20.3. The zero-order valence-corrected chi connectivity index (χ0v) is 20.9. The first-order chi connectivity index (χ1) is 18.9. The standard InChI is InChI=1S/C36H24N2/c1-2-9-23(10-3-1)24-17-20-26(21-18-24)37-32-16-7-5-13-29(32)34-30-14-8-11-25-19-22-28-27-12-4-6-15-31(27)38(36(34)37)35(28)33(25)30/h2,4-22H,1,3H2. The van der Waals surface area contributed by atoms with Crippen LogP contribution >= 0.6 is 0 Å². The second-order valence-electron chi connectivity index (χ2n) is 10.5. The van der Waals surface area contributed by atoms with Crippen LogP contribution in [0.25, 0.3) is 71.2 Å². The van der Waals surface area contributed by atoms with Crippen molar-refractivity contribution in [2.24, 2.45) is 0 Å². The summed E-state index contributed by atoms with van der Waals surface area (Å²) in [6.45, 7) is 0. The number of benzene rings is 5. The second kappa shape index (κ2) is 7.36. The number of pyridine rings is 1. The van der Waals surface area contributed by atoms with E-state index < -0.39 is 0 Å². The molecule has 0 spiro atoms. The number of rotatable bonds is 2. The average Bonchev–Trinajstić information content (AvgIpc) is 3.51. The van der Waals surface area contributed by atoms with Crippen molar-refractivity contribution in [3.05, 3.63) is 127 Å². The van der Waals surface area contributed by atoms with Crippen LogP contribution < -0.4 is 0 Å². The summed E-state index contributed by atoms with van der Waals surface area (Å²) in [6, 6.07) is 38.2. The van der Waals surface area contributed by atoms with E-state index in [1.165, 1.54) is 76.7 Å². The molecule has 0 fully saturated rings. The molecule has 0 N–H and O–H groups in total. The molecule has 1 aliphatic carbocycles. The summed E-state index contributed by atoms with van der Waals surface area (Å²) in [4.78, 5) is 0. The van der Waals surface area contributed by atoms with Crippen LogP contribution in [0, 0.1) is 0 Å². The minimum absolute atomic E-state index is 1.12. The van der Waals surface area contributed by atoms with Crippen LogP contribution in [0.5, 0.6) is 0 Å². The molecular formula is C36H24N2. The van der Waals surface area contributed by atoms with Gasteiger partial charge in [0.25, 0.3) is 0 Å². The van der Waals surface area contributed by atoms with Crippen molar-refractivity contribution in [1.82, 2.24) is 8.97 Å². The van der Waals surface area contributed by atoms with Gasteiger partial charge >= 0.3 is 0 Å². The Balaban J connectivity index is 1.50. The number of fused-ring (bicyclic) bond motifs is 8. The Labute approximate surface area is 219 Å². The third-order valence-electron chi connectivity index (χ3n) is 8.46. The maximum atomic E-state index is 2.52. The van der Waals surface area contributed by atoms with E-state index in [1.54, 1.807) is 0 Å². The fourth-order valence-electron chi connectivity index (χ4n) is 6.85. The summed E-state index contributed by atoms with van der Waals surface area (Å²) >= 11 is 0. The van der Waals surface area contributed by atoms with Gasteiger partial charge in [-0.25, -0.2) is 0 Å². The fraction of sp³-hybridized carbons (Fsp3) is 0.0556. The number of hydrogen-bond acceptors (Lipinski definition) is 0. The van der Waals surface area contributed by atoms with Gasteiger partial charge in [0.15, 0.2) is 0 Å². The van der Waals surface area contributed by atoms with Crippen LogP contribution in [0.15, 0.2) is 121 Å². The smallest absolute Gasteiger partial charge is 0.131 e. The zero-order valence-electron chi connectivity index (χ0n) is 20.9. The van der Waals surface area contributed by atoms with Gasteiger partial charge < -0.3 is 0 Å². The summed E-state index contributed by atoms with van der Waals surface area (Å²) in [5, 5.41) is 9.18. The molecule has 1 aliphatic rings. The lowest BCUT2D eigenvalue weighted by Gasteiger charge is -2.14. The molecule has 0 aliphatic heterocycles. The van der Waals surface area contributed by atoms with Crippen LogP contribution in [0.3, 0.4) is 0 Å². The van der Waals surface area contributed by atoms with Crippen molar-refractivity contribution >= 4 is 65.5 Å². The molecular weight excluding hydrogens is 460 g/mol. The minimum atomic E-state index is 1.12. The van der Waals surface area contributed by atoms with Crippen molar-refractivity contribution in [3.8, 4) is 5.69 Å². The van der Waals surface area contributed by atoms with E-state index in [4.69, 9.17) is 0 Å². The topological polar surface area (TPSA) is 9.34 Å². The van der Waals surface area contributed by atoms with Crippen molar-refractivity contribution in [2.75, 3.05) is 0 Å². The summed E-state index contributed by atoms with van der Waals surface area (Å²) < 4.78 is 5.00. The van der Waals surface area contributed by atoms with Gasteiger partial charge in [0.2, 0.25) is 0 Å². The van der Waals surface area contributed by atoms with Gasteiger partial charge in [0.05, 0.1) is 16.6 Å². The third-order valence-corrected chi connectivity index (χ3v) is 8.46. The maximum Gasteiger partial charge on any atom is 0.131 e. The van der Waals surface area contributed by atoms with Gasteiger partial charge in [-0.2, -0.15) is 0 Å². The van der Waals surface area contributed by atoms with Gasteiger partial charge in [0, 0.05) is 32.6 Å². The Hall–Kier alpha value is -4.82. The lowest BCUT2D eigenvalue weighted by molar-refractivity contribution is 1.04. The summed E-state index contributed by atoms with van der Waals surface area (Å²) in [6.07, 6.45) is 9.13. The van der Waals surface area contributed by atoms with E-state index in [-0.39, 0.29) is 0 Å². The van der Waals surface area contributed by atoms with Gasteiger partial charge in [-0.1, -0.05) is 97.1 Å². The molecule has 9 rings (SSSR count). The molecule has 3 aromatic heterocycles. The molecule has 38 heavy (non-hydrogen) atoms. The van der Waals surface area contributed by atoms with E-state index in [0.29, 0.717) is 0 Å². The van der Waals surface area contributed by atoms with Crippen LogP contribution in [-0.4, -0.2) is 8.97 Å². The highest BCUT2D eigenvalue weighted by atomic mass is 15.1. The molecule has 0 bridgehead atoms. The van der Waals surface area contributed by atoms with Crippen molar-refractivity contribution in [3.63, 3.8) is 0 Å². The number of aromatic nitrogens is 2. The SMILES string of the molecule is C1=CC(c2ccc(-n3c4ccccc4c4c5cccc6ccc7c8ccccc8n(c7c65)c43)cc2)=CCC1. The lowest BCUT2D eigenvalue weighted by atomic mass is 9.99. The molecule has 2 nitrogen and oxygen atoms in total. The fourth-order valence-corrected chi connectivity index (χ4v) is 6.85. The highest BCUT2D eigenvalue weighted by molar-refractivity contribution is 6.32. The predicted molar refractivity (Wildman–Crippen MR) is 162 cm³/mol. The quantitative estimate of drug-likeness (QED) is 0.231. The molecule has 0 radical (unpaired) electrons. The van der Waals surface area contributed by atoms with Crippen molar-refractivity contribution in [2.45, 2.75) is 12.8 Å². The van der Waals surface area contributed by atoms with Gasteiger partial charge in [0.1, 0.15) is 5.65 Å². The molecule has 5 aromatic carbocycles. The number of para-hydroxylation sites is 2. The molecule has 0 saturated heterocycles. The van der Waals surface area contributed by atoms with E-state index in [1.807, 2.05) is 0 Å². The molecule has 2 heteroatoms. The maximum absolute atomic E-state index is 2.52. The average molecular weight is 485 g/mol. The molecule has 0 saturated carbocycles. The third kappa shape index (κ3) is 2.52. The molecule has 8 aromatic rings. The molecule has 3 heterocycles. The highest BCUT2D eigenvalue weighted by Crippen LogP contribution is 2.45. The van der Waals surface area contributed by atoms with E-state index >= 15 is 0 Å². The van der Waals surface area contributed by atoms with E-state index in [9.17, 15) is 0 Å². The van der Waals surface area contributed by atoms with Crippen LogP contribution in [0.1, 0.15) is 18.4 Å². The number of hydrogen-bond donors (Lipinski definition) is 0. The molecule has 178 valence electrons. The molecule has 0 unspecified atom stereocenters. The summed E-state index contributed by atoms with van der Waals surface area (Å²) in [5.74, 6) is 0. The van der Waals surface area contributed by atoms with Crippen molar-refractivity contribution < 1.29 is 0 Å². The lowest BCUT2D eigenvalue weighted by Crippen LogP contribution is -2.00. The normalized spacial score (nSPS) is 14.2. The predicted octanol–water partition coefficient (Wildman–Crippen LogP) is 9.67. The first-order valence-electron chi connectivity index (χ1n) is 13.4. The molecule has 0 amide bonds. The van der Waals surface area contributed by atoms with Crippen molar-refractivity contribution in [1.29, 1.82) is 0 Å². The minimum Gasteiger partial charge on any atom is -0.295 e. The Bertz CT molecular complexity index is 2270. The monoisotopic (exact) mass is 484 g/mol. The summed E-state index contributed by atoms with van der Waals surface area (Å²) in [5.41, 5.74) is 8.81. The second-order valence-corrected chi connectivity index (χ2v) is 10.5. The van der Waals surface area contributed by atoms with Crippen LogP contribution in [-0.2, 0) is 0 Å². The summed E-state index contributed by atoms with van der Waals surface area (Å²) in [7, 11) is 0.